The van der Waals surface area contributed by atoms with Gasteiger partial charge in [-0.25, -0.2) is 0 Å². The van der Waals surface area contributed by atoms with Gasteiger partial charge in [0, 0.05) is 6.04 Å². The van der Waals surface area contributed by atoms with Gasteiger partial charge < -0.3 is 5.32 Å². The summed E-state index contributed by atoms with van der Waals surface area (Å²) in [6.07, 6.45) is 1.00. The highest BCUT2D eigenvalue weighted by atomic mass is 14.9. The summed E-state index contributed by atoms with van der Waals surface area (Å²) < 4.78 is 0. The van der Waals surface area contributed by atoms with Gasteiger partial charge in [-0.1, -0.05) is 23.8 Å². The monoisotopic (exact) mass is 203 g/mol. The minimum absolute atomic E-state index is 0.391. The summed E-state index contributed by atoms with van der Waals surface area (Å²) in [6, 6.07) is 6.88. The van der Waals surface area contributed by atoms with E-state index in [1.165, 1.54) is 22.3 Å². The van der Waals surface area contributed by atoms with Gasteiger partial charge in [-0.3, -0.25) is 0 Å². The molecular weight excluding hydrogens is 182 g/mol. The molecule has 1 N–H and O–H groups in total. The Bertz CT molecular complexity index is 352. The lowest BCUT2D eigenvalue weighted by Crippen LogP contribution is -2.17. The van der Waals surface area contributed by atoms with Gasteiger partial charge in [0.25, 0.3) is 0 Å². The van der Waals surface area contributed by atoms with E-state index in [-0.39, 0.29) is 0 Å². The zero-order chi connectivity index (χ0) is 11.4. The first-order chi connectivity index (χ1) is 7.06. The van der Waals surface area contributed by atoms with Crippen molar-refractivity contribution in [3.05, 3.63) is 47.0 Å². The Labute approximate surface area is 93.2 Å². The summed E-state index contributed by atoms with van der Waals surface area (Å²) in [5.74, 6) is 0. The topological polar surface area (TPSA) is 12.0 Å². The molecule has 0 saturated heterocycles. The van der Waals surface area contributed by atoms with Crippen LogP contribution in [0, 0.1) is 13.8 Å². The Morgan fingerprint density at radius 3 is 2.60 bits per heavy atom. The quantitative estimate of drug-likeness (QED) is 0.738. The normalized spacial score (nSPS) is 12.5. The van der Waals surface area contributed by atoms with E-state index < -0.39 is 0 Å². The van der Waals surface area contributed by atoms with E-state index in [4.69, 9.17) is 0 Å². The highest BCUT2D eigenvalue weighted by Crippen LogP contribution is 2.24. The Balaban J connectivity index is 3.01. The van der Waals surface area contributed by atoms with E-state index in [1.54, 1.807) is 0 Å². The van der Waals surface area contributed by atoms with Crippen molar-refractivity contribution in [1.29, 1.82) is 0 Å². The molecule has 0 aromatic heterocycles. The summed E-state index contributed by atoms with van der Waals surface area (Å²) in [5, 5.41) is 3.36. The van der Waals surface area contributed by atoms with Crippen LogP contribution >= 0.6 is 0 Å². The standard InChI is InChI=1S/C14H21N/c1-10(2)9-14(15-5)13-8-6-7-11(3)12(13)4/h6-8,14-15H,1,9H2,2-5H3. The summed E-state index contributed by atoms with van der Waals surface area (Å²) in [4.78, 5) is 0. The largest absolute Gasteiger partial charge is 0.313 e. The predicted octanol–water partition coefficient (Wildman–Crippen LogP) is 3.53. The van der Waals surface area contributed by atoms with Crippen molar-refractivity contribution in [3.8, 4) is 0 Å². The fourth-order valence-electron chi connectivity index (χ4n) is 1.87. The lowest BCUT2D eigenvalue weighted by Gasteiger charge is -2.20. The maximum Gasteiger partial charge on any atom is 0.0357 e. The van der Waals surface area contributed by atoms with Crippen LogP contribution < -0.4 is 5.32 Å². The van der Waals surface area contributed by atoms with Crippen molar-refractivity contribution >= 4 is 0 Å². The third kappa shape index (κ3) is 2.93. The van der Waals surface area contributed by atoms with Crippen molar-refractivity contribution in [1.82, 2.24) is 5.32 Å². The Kier molecular flexibility index (Phi) is 4.10. The molecule has 1 rings (SSSR count). The maximum atomic E-state index is 3.98. The first-order valence-electron chi connectivity index (χ1n) is 5.44. The van der Waals surface area contributed by atoms with Crippen molar-refractivity contribution < 1.29 is 0 Å². The molecule has 0 aliphatic carbocycles. The number of benzene rings is 1. The molecule has 1 aromatic carbocycles. The lowest BCUT2D eigenvalue weighted by atomic mass is 9.94. The Hall–Kier alpha value is -1.08. The van der Waals surface area contributed by atoms with Gasteiger partial charge in [0.1, 0.15) is 0 Å². The van der Waals surface area contributed by atoms with Crippen molar-refractivity contribution in [3.63, 3.8) is 0 Å². The molecule has 82 valence electrons. The minimum Gasteiger partial charge on any atom is -0.313 e. The van der Waals surface area contributed by atoms with E-state index in [1.807, 2.05) is 7.05 Å². The van der Waals surface area contributed by atoms with Gasteiger partial charge >= 0.3 is 0 Å². The van der Waals surface area contributed by atoms with Crippen molar-refractivity contribution in [2.24, 2.45) is 0 Å². The zero-order valence-corrected chi connectivity index (χ0v) is 10.2. The van der Waals surface area contributed by atoms with Crippen LogP contribution in [0.2, 0.25) is 0 Å². The first-order valence-corrected chi connectivity index (χ1v) is 5.44. The Morgan fingerprint density at radius 2 is 2.07 bits per heavy atom. The summed E-state index contributed by atoms with van der Waals surface area (Å²) in [7, 11) is 2.01. The summed E-state index contributed by atoms with van der Waals surface area (Å²) in [5.41, 5.74) is 5.35. The molecule has 0 bridgehead atoms. The van der Waals surface area contributed by atoms with E-state index in [9.17, 15) is 0 Å². The van der Waals surface area contributed by atoms with E-state index >= 15 is 0 Å². The molecule has 1 unspecified atom stereocenters. The predicted molar refractivity (Wildman–Crippen MR) is 67.1 cm³/mol. The third-order valence-corrected chi connectivity index (χ3v) is 2.92. The molecule has 0 amide bonds. The summed E-state index contributed by atoms with van der Waals surface area (Å²) in [6.45, 7) is 10.4. The van der Waals surface area contributed by atoms with E-state index in [0.29, 0.717) is 6.04 Å². The van der Waals surface area contributed by atoms with Crippen LogP contribution in [0.25, 0.3) is 0 Å². The molecular formula is C14H21N. The van der Waals surface area contributed by atoms with E-state index in [0.717, 1.165) is 6.42 Å². The lowest BCUT2D eigenvalue weighted by molar-refractivity contribution is 0.586. The molecule has 0 spiro atoms. The highest BCUT2D eigenvalue weighted by Gasteiger charge is 2.12. The van der Waals surface area contributed by atoms with Crippen molar-refractivity contribution in [2.75, 3.05) is 7.05 Å². The average Bonchev–Trinajstić information content (AvgIpc) is 2.19. The molecule has 0 heterocycles. The molecule has 0 radical (unpaired) electrons. The molecule has 0 aliphatic heterocycles. The number of hydrogen-bond acceptors (Lipinski definition) is 1. The average molecular weight is 203 g/mol. The molecule has 0 saturated carbocycles. The number of hydrogen-bond donors (Lipinski definition) is 1. The fraction of sp³-hybridized carbons (Fsp3) is 0.429. The number of nitrogens with one attached hydrogen (secondary N) is 1. The second kappa shape index (κ2) is 5.13. The first kappa shape index (κ1) is 12.0. The molecule has 1 nitrogen and oxygen atoms in total. The fourth-order valence-corrected chi connectivity index (χ4v) is 1.87. The number of rotatable bonds is 4. The summed E-state index contributed by atoms with van der Waals surface area (Å²) >= 11 is 0. The molecule has 1 aromatic rings. The SMILES string of the molecule is C=C(C)CC(NC)c1cccc(C)c1C. The van der Waals surface area contributed by atoms with Gasteiger partial charge in [-0.2, -0.15) is 0 Å². The van der Waals surface area contributed by atoms with Crippen LogP contribution in [-0.4, -0.2) is 7.05 Å². The molecule has 1 atom stereocenters. The second-order valence-electron chi connectivity index (χ2n) is 4.29. The third-order valence-electron chi connectivity index (χ3n) is 2.92. The Morgan fingerprint density at radius 1 is 1.40 bits per heavy atom. The van der Waals surface area contributed by atoms with Crippen molar-refractivity contribution in [2.45, 2.75) is 33.2 Å². The van der Waals surface area contributed by atoms with Crippen LogP contribution in [0.4, 0.5) is 0 Å². The molecule has 0 aliphatic rings. The molecule has 1 heteroatoms. The van der Waals surface area contributed by atoms with E-state index in [2.05, 4.69) is 50.9 Å². The van der Waals surface area contributed by atoms with Crippen LogP contribution in [0.1, 0.15) is 36.1 Å². The second-order valence-corrected chi connectivity index (χ2v) is 4.29. The van der Waals surface area contributed by atoms with Gasteiger partial charge in [0.15, 0.2) is 0 Å². The van der Waals surface area contributed by atoms with Gasteiger partial charge in [-0.15, -0.1) is 6.58 Å². The van der Waals surface area contributed by atoms with Gasteiger partial charge in [-0.05, 0) is 50.9 Å². The minimum atomic E-state index is 0.391. The van der Waals surface area contributed by atoms with Crippen LogP contribution in [0.5, 0.6) is 0 Å². The molecule has 15 heavy (non-hydrogen) atoms. The van der Waals surface area contributed by atoms with Crippen LogP contribution in [0.15, 0.2) is 30.4 Å². The molecule has 0 fully saturated rings. The highest BCUT2D eigenvalue weighted by molar-refractivity contribution is 5.35. The van der Waals surface area contributed by atoms with Crippen LogP contribution in [0.3, 0.4) is 0 Å². The smallest absolute Gasteiger partial charge is 0.0357 e. The zero-order valence-electron chi connectivity index (χ0n) is 10.2. The van der Waals surface area contributed by atoms with Gasteiger partial charge in [0.05, 0.1) is 0 Å². The maximum absolute atomic E-state index is 3.98. The number of aryl methyl sites for hydroxylation is 1. The van der Waals surface area contributed by atoms with Gasteiger partial charge in [0.2, 0.25) is 0 Å². The van der Waals surface area contributed by atoms with Crippen LogP contribution in [-0.2, 0) is 0 Å².